The Morgan fingerprint density at radius 3 is 2.88 bits per heavy atom. The van der Waals surface area contributed by atoms with Crippen molar-refractivity contribution in [1.29, 1.82) is 0 Å². The Bertz CT molecular complexity index is 476. The van der Waals surface area contributed by atoms with Crippen molar-refractivity contribution >= 4 is 16.5 Å². The topological polar surface area (TPSA) is 55.3 Å². The monoisotopic (exact) mass is 251 g/mol. The summed E-state index contributed by atoms with van der Waals surface area (Å²) in [6.07, 6.45) is 3.44. The van der Waals surface area contributed by atoms with Crippen molar-refractivity contribution in [3.05, 3.63) is 34.7 Å². The van der Waals surface area contributed by atoms with Crippen molar-refractivity contribution in [2.75, 3.05) is 11.9 Å². The number of anilines is 1. The number of aromatic nitrogens is 1. The number of nitrogens with two attached hydrogens (primary N) is 1. The highest BCUT2D eigenvalue weighted by molar-refractivity contribution is 7.15. The molecule has 2 N–H and O–H groups in total. The van der Waals surface area contributed by atoms with Crippen LogP contribution in [0.4, 0.5) is 5.13 Å². The van der Waals surface area contributed by atoms with E-state index in [-0.39, 0.29) is 6.04 Å². The van der Waals surface area contributed by atoms with Crippen LogP contribution in [0.25, 0.3) is 0 Å². The highest BCUT2D eigenvalue weighted by Gasteiger charge is 2.14. The summed E-state index contributed by atoms with van der Waals surface area (Å²) in [5.41, 5.74) is 8.07. The predicted octanol–water partition coefficient (Wildman–Crippen LogP) is 2.70. The first kappa shape index (κ1) is 12.1. The number of hydrogen-bond acceptors (Lipinski definition) is 5. The van der Waals surface area contributed by atoms with Gasteiger partial charge in [0.2, 0.25) is 0 Å². The molecule has 0 spiro atoms. The third-order valence-electron chi connectivity index (χ3n) is 2.56. The van der Waals surface area contributed by atoms with Gasteiger partial charge in [0.15, 0.2) is 5.13 Å². The number of thiazole rings is 1. The van der Waals surface area contributed by atoms with E-state index in [0.717, 1.165) is 27.8 Å². The van der Waals surface area contributed by atoms with Gasteiger partial charge in [-0.05, 0) is 19.9 Å². The molecule has 2 rings (SSSR count). The molecular weight excluding hydrogens is 234 g/mol. The van der Waals surface area contributed by atoms with Gasteiger partial charge in [-0.25, -0.2) is 4.98 Å². The molecular formula is C12H17N3OS. The van der Waals surface area contributed by atoms with Crippen LogP contribution >= 0.6 is 11.3 Å². The van der Waals surface area contributed by atoms with E-state index in [1.807, 2.05) is 27.0 Å². The molecule has 0 amide bonds. The van der Waals surface area contributed by atoms with Gasteiger partial charge >= 0.3 is 0 Å². The lowest BCUT2D eigenvalue weighted by Gasteiger charge is -2.13. The van der Waals surface area contributed by atoms with Gasteiger partial charge in [0.25, 0.3) is 0 Å². The maximum atomic E-state index is 5.90. The number of nitrogens with zero attached hydrogens (tertiary/aromatic N) is 2. The minimum atomic E-state index is 0.0450. The minimum absolute atomic E-state index is 0.0450. The zero-order chi connectivity index (χ0) is 12.4. The van der Waals surface area contributed by atoms with Gasteiger partial charge in [-0.15, -0.1) is 11.3 Å². The number of aryl methyl sites for hydroxylation is 1. The Balaban J connectivity index is 2.14. The highest BCUT2D eigenvalue weighted by Crippen LogP contribution is 2.29. The normalized spacial score (nSPS) is 12.7. The van der Waals surface area contributed by atoms with Crippen LogP contribution in [-0.4, -0.2) is 12.0 Å². The van der Waals surface area contributed by atoms with Crippen molar-refractivity contribution in [3.8, 4) is 0 Å². The van der Waals surface area contributed by atoms with E-state index in [1.165, 1.54) is 0 Å². The van der Waals surface area contributed by atoms with Crippen LogP contribution in [0.1, 0.15) is 29.1 Å². The summed E-state index contributed by atoms with van der Waals surface area (Å²) in [6, 6.07) is 2.01. The molecule has 2 aromatic rings. The molecule has 0 aliphatic rings. The van der Waals surface area contributed by atoms with Gasteiger partial charge in [0, 0.05) is 30.1 Å². The first-order valence-corrected chi connectivity index (χ1v) is 6.34. The largest absolute Gasteiger partial charge is 0.472 e. The molecule has 0 radical (unpaired) electrons. The lowest BCUT2D eigenvalue weighted by Crippen LogP contribution is -2.15. The summed E-state index contributed by atoms with van der Waals surface area (Å²) in [6.45, 7) is 4.78. The van der Waals surface area contributed by atoms with Crippen molar-refractivity contribution in [2.24, 2.45) is 5.73 Å². The molecule has 0 aliphatic carbocycles. The smallest absolute Gasteiger partial charge is 0.185 e. The molecule has 4 nitrogen and oxygen atoms in total. The van der Waals surface area contributed by atoms with E-state index < -0.39 is 0 Å². The Labute approximate surface area is 105 Å². The fourth-order valence-electron chi connectivity index (χ4n) is 1.70. The summed E-state index contributed by atoms with van der Waals surface area (Å²) in [5, 5.41) is 0.996. The SMILES string of the molecule is Cc1nc(N(C)Cc2ccoc2)sc1C(C)N. The molecule has 0 bridgehead atoms. The second-order valence-corrected chi connectivity index (χ2v) is 5.23. The van der Waals surface area contributed by atoms with Crippen molar-refractivity contribution < 1.29 is 4.42 Å². The first-order chi connectivity index (χ1) is 8.08. The van der Waals surface area contributed by atoms with Crippen LogP contribution in [0.3, 0.4) is 0 Å². The molecule has 0 saturated heterocycles. The lowest BCUT2D eigenvalue weighted by atomic mass is 10.2. The summed E-state index contributed by atoms with van der Waals surface area (Å²) >= 11 is 1.66. The van der Waals surface area contributed by atoms with Crippen LogP contribution < -0.4 is 10.6 Å². The quantitative estimate of drug-likeness (QED) is 0.907. The van der Waals surface area contributed by atoms with Crippen LogP contribution in [0.15, 0.2) is 23.0 Å². The molecule has 17 heavy (non-hydrogen) atoms. The van der Waals surface area contributed by atoms with Crippen molar-refractivity contribution in [2.45, 2.75) is 26.4 Å². The fourth-order valence-corrected chi connectivity index (χ4v) is 2.68. The average molecular weight is 251 g/mol. The summed E-state index contributed by atoms with van der Waals surface area (Å²) in [5.74, 6) is 0. The molecule has 5 heteroatoms. The predicted molar refractivity (Wildman–Crippen MR) is 70.3 cm³/mol. The third-order valence-corrected chi connectivity index (χ3v) is 4.03. The Kier molecular flexibility index (Phi) is 3.49. The van der Waals surface area contributed by atoms with Crippen LogP contribution in [0, 0.1) is 6.92 Å². The zero-order valence-electron chi connectivity index (χ0n) is 10.3. The summed E-state index contributed by atoms with van der Waals surface area (Å²) < 4.78 is 5.05. The van der Waals surface area contributed by atoms with E-state index in [0.29, 0.717) is 0 Å². The molecule has 0 aromatic carbocycles. The third kappa shape index (κ3) is 2.68. The Hall–Kier alpha value is -1.33. The lowest BCUT2D eigenvalue weighted by molar-refractivity contribution is 0.563. The van der Waals surface area contributed by atoms with E-state index in [1.54, 1.807) is 23.9 Å². The van der Waals surface area contributed by atoms with E-state index in [2.05, 4.69) is 9.88 Å². The standard InChI is InChI=1S/C12H17N3OS/c1-8(13)11-9(2)14-12(17-11)15(3)6-10-4-5-16-7-10/h4-5,7-8H,6,13H2,1-3H3. The molecule has 2 heterocycles. The maximum Gasteiger partial charge on any atom is 0.185 e. The van der Waals surface area contributed by atoms with Crippen molar-refractivity contribution in [3.63, 3.8) is 0 Å². The number of rotatable bonds is 4. The first-order valence-electron chi connectivity index (χ1n) is 5.53. The molecule has 92 valence electrons. The van der Waals surface area contributed by atoms with Gasteiger partial charge in [0.05, 0.1) is 18.2 Å². The van der Waals surface area contributed by atoms with E-state index >= 15 is 0 Å². The highest BCUT2D eigenvalue weighted by atomic mass is 32.1. The molecule has 2 aromatic heterocycles. The molecule has 1 atom stereocenters. The van der Waals surface area contributed by atoms with E-state index in [4.69, 9.17) is 10.2 Å². The van der Waals surface area contributed by atoms with Crippen LogP contribution in [-0.2, 0) is 6.54 Å². The Morgan fingerprint density at radius 1 is 1.59 bits per heavy atom. The van der Waals surface area contributed by atoms with Gasteiger partial charge in [0.1, 0.15) is 0 Å². The molecule has 1 unspecified atom stereocenters. The van der Waals surface area contributed by atoms with Crippen LogP contribution in [0.2, 0.25) is 0 Å². The summed E-state index contributed by atoms with van der Waals surface area (Å²) in [7, 11) is 2.02. The van der Waals surface area contributed by atoms with E-state index in [9.17, 15) is 0 Å². The van der Waals surface area contributed by atoms with Gasteiger partial charge in [-0.2, -0.15) is 0 Å². The van der Waals surface area contributed by atoms with Gasteiger partial charge < -0.3 is 15.1 Å². The van der Waals surface area contributed by atoms with Gasteiger partial charge in [-0.1, -0.05) is 0 Å². The number of furan rings is 1. The zero-order valence-corrected chi connectivity index (χ0v) is 11.1. The fraction of sp³-hybridized carbons (Fsp3) is 0.417. The second-order valence-electron chi connectivity index (χ2n) is 4.22. The van der Waals surface area contributed by atoms with Gasteiger partial charge in [-0.3, -0.25) is 0 Å². The molecule has 0 saturated carbocycles. The minimum Gasteiger partial charge on any atom is -0.472 e. The second kappa shape index (κ2) is 4.89. The van der Waals surface area contributed by atoms with Crippen LogP contribution in [0.5, 0.6) is 0 Å². The van der Waals surface area contributed by atoms with Crippen molar-refractivity contribution in [1.82, 2.24) is 4.98 Å². The summed E-state index contributed by atoms with van der Waals surface area (Å²) in [4.78, 5) is 7.80. The number of hydrogen-bond donors (Lipinski definition) is 1. The average Bonchev–Trinajstić information content (AvgIpc) is 2.86. The Morgan fingerprint density at radius 2 is 2.35 bits per heavy atom. The molecule has 0 aliphatic heterocycles. The maximum absolute atomic E-state index is 5.90. The molecule has 0 fully saturated rings.